The van der Waals surface area contributed by atoms with Crippen molar-refractivity contribution in [2.45, 2.75) is 6.92 Å². The number of H-pyrrole nitrogens is 2. The van der Waals surface area contributed by atoms with Gasteiger partial charge in [-0.15, -0.1) is 0 Å². The van der Waals surface area contributed by atoms with E-state index in [2.05, 4.69) is 30.5 Å². The fourth-order valence-electron chi connectivity index (χ4n) is 0.977. The molecular weight excluding hydrogens is 184 g/mol. The van der Waals surface area contributed by atoms with Crippen LogP contribution in [0.5, 0.6) is 0 Å². The minimum absolute atomic E-state index is 0.303. The molecule has 0 spiro atoms. The summed E-state index contributed by atoms with van der Waals surface area (Å²) in [6, 6.07) is 0. The van der Waals surface area contributed by atoms with Crippen molar-refractivity contribution < 1.29 is 4.79 Å². The van der Waals surface area contributed by atoms with E-state index in [1.54, 1.807) is 6.92 Å². The lowest BCUT2D eigenvalue weighted by atomic mass is 10.4. The smallest absolute Gasteiger partial charge is 0.276 e. The number of hydrogen-bond acceptors (Lipinski definition) is 4. The minimum atomic E-state index is -0.303. The summed E-state index contributed by atoms with van der Waals surface area (Å²) in [5, 5.41) is 8.63. The molecule has 0 radical (unpaired) electrons. The second-order valence-corrected chi connectivity index (χ2v) is 2.67. The lowest BCUT2D eigenvalue weighted by molar-refractivity contribution is 0.102. The van der Waals surface area contributed by atoms with Gasteiger partial charge >= 0.3 is 0 Å². The van der Waals surface area contributed by atoms with E-state index in [4.69, 9.17) is 0 Å². The summed E-state index contributed by atoms with van der Waals surface area (Å²) in [6.45, 7) is 1.77. The molecule has 0 bridgehead atoms. The molecule has 3 N–H and O–H groups in total. The first-order valence-electron chi connectivity index (χ1n) is 3.94. The maximum absolute atomic E-state index is 11.5. The van der Waals surface area contributed by atoms with Gasteiger partial charge in [0.15, 0.2) is 0 Å². The van der Waals surface area contributed by atoms with Crippen LogP contribution < -0.4 is 5.32 Å². The molecular formula is C7H8N6O. The molecule has 72 valence electrons. The molecule has 7 nitrogen and oxygen atoms in total. The Morgan fingerprint density at radius 3 is 2.93 bits per heavy atom. The molecule has 0 aliphatic rings. The Balaban J connectivity index is 2.10. The number of hydrogen-bond donors (Lipinski definition) is 3. The molecule has 0 fully saturated rings. The number of anilines is 1. The molecule has 0 aromatic carbocycles. The van der Waals surface area contributed by atoms with Gasteiger partial charge < -0.3 is 4.98 Å². The second kappa shape index (κ2) is 3.29. The number of nitrogens with one attached hydrogen (secondary N) is 3. The highest BCUT2D eigenvalue weighted by Crippen LogP contribution is 2.00. The highest BCUT2D eigenvalue weighted by molar-refractivity contribution is 6.01. The van der Waals surface area contributed by atoms with Crippen LogP contribution in [0.1, 0.15) is 16.3 Å². The number of amides is 1. The predicted molar refractivity (Wildman–Crippen MR) is 47.7 cm³/mol. The molecule has 2 aromatic rings. The van der Waals surface area contributed by atoms with Crippen molar-refractivity contribution in [2.24, 2.45) is 0 Å². The van der Waals surface area contributed by atoms with E-state index in [-0.39, 0.29) is 5.91 Å². The summed E-state index contributed by atoms with van der Waals surface area (Å²) in [5.41, 5.74) is 0.388. The Bertz CT molecular complexity index is 431. The molecule has 14 heavy (non-hydrogen) atoms. The molecule has 0 saturated heterocycles. The van der Waals surface area contributed by atoms with E-state index in [0.717, 1.165) is 0 Å². The monoisotopic (exact) mass is 192 g/mol. The van der Waals surface area contributed by atoms with Crippen molar-refractivity contribution >= 4 is 11.9 Å². The SMILES string of the molecule is Cc1ncc(C(=O)Nc2ncn[nH]2)[nH]1. The van der Waals surface area contributed by atoms with Crippen LogP contribution in [0.4, 0.5) is 5.95 Å². The van der Waals surface area contributed by atoms with Crippen molar-refractivity contribution in [3.63, 3.8) is 0 Å². The molecule has 2 aromatic heterocycles. The zero-order valence-electron chi connectivity index (χ0n) is 7.40. The van der Waals surface area contributed by atoms with E-state index in [1.807, 2.05) is 0 Å². The Morgan fingerprint density at radius 2 is 2.36 bits per heavy atom. The van der Waals surface area contributed by atoms with Gasteiger partial charge in [0.1, 0.15) is 17.8 Å². The molecule has 0 aliphatic carbocycles. The van der Waals surface area contributed by atoms with Gasteiger partial charge in [-0.05, 0) is 6.92 Å². The average molecular weight is 192 g/mol. The number of aromatic nitrogens is 5. The third-order valence-corrected chi connectivity index (χ3v) is 1.59. The normalized spacial score (nSPS) is 10.1. The third kappa shape index (κ3) is 1.60. The minimum Gasteiger partial charge on any atom is -0.338 e. The summed E-state index contributed by atoms with van der Waals surface area (Å²) in [5.74, 6) is 0.692. The first-order valence-corrected chi connectivity index (χ1v) is 3.94. The largest absolute Gasteiger partial charge is 0.338 e. The highest BCUT2D eigenvalue weighted by atomic mass is 16.2. The van der Waals surface area contributed by atoms with Crippen LogP contribution in [0.15, 0.2) is 12.5 Å². The number of aryl methyl sites for hydroxylation is 1. The molecule has 0 saturated carbocycles. The second-order valence-electron chi connectivity index (χ2n) is 2.67. The molecule has 7 heteroatoms. The summed E-state index contributed by atoms with van der Waals surface area (Å²) in [7, 11) is 0. The maximum Gasteiger partial charge on any atom is 0.276 e. The third-order valence-electron chi connectivity index (χ3n) is 1.59. The lowest BCUT2D eigenvalue weighted by Crippen LogP contribution is -2.13. The van der Waals surface area contributed by atoms with Crippen LogP contribution in [-0.2, 0) is 0 Å². The van der Waals surface area contributed by atoms with E-state index in [0.29, 0.717) is 17.5 Å². The topological polar surface area (TPSA) is 99.3 Å². The summed E-state index contributed by atoms with van der Waals surface area (Å²) in [4.78, 5) is 21.9. The quantitative estimate of drug-likeness (QED) is 0.627. The van der Waals surface area contributed by atoms with Crippen molar-refractivity contribution in [2.75, 3.05) is 5.32 Å². The Morgan fingerprint density at radius 1 is 1.50 bits per heavy atom. The average Bonchev–Trinajstić information content (AvgIpc) is 2.75. The Kier molecular flexibility index (Phi) is 1.98. The van der Waals surface area contributed by atoms with E-state index >= 15 is 0 Å². The van der Waals surface area contributed by atoms with Crippen LogP contribution in [0, 0.1) is 6.92 Å². The fourth-order valence-corrected chi connectivity index (χ4v) is 0.977. The molecule has 2 heterocycles. The number of rotatable bonds is 2. The molecule has 1 amide bonds. The van der Waals surface area contributed by atoms with Gasteiger partial charge in [0.25, 0.3) is 5.91 Å². The number of carbonyl (C=O) groups is 1. The first-order chi connectivity index (χ1) is 6.75. The maximum atomic E-state index is 11.5. The number of carbonyl (C=O) groups excluding carboxylic acids is 1. The first kappa shape index (κ1) is 8.42. The van der Waals surface area contributed by atoms with Crippen LogP contribution in [-0.4, -0.2) is 31.1 Å². The van der Waals surface area contributed by atoms with Crippen molar-refractivity contribution in [1.29, 1.82) is 0 Å². The number of aromatic amines is 2. The summed E-state index contributed by atoms with van der Waals surface area (Å²) < 4.78 is 0. The summed E-state index contributed by atoms with van der Waals surface area (Å²) >= 11 is 0. The van der Waals surface area contributed by atoms with E-state index in [1.165, 1.54) is 12.5 Å². The Hall–Kier alpha value is -2.18. The standard InChI is InChI=1S/C7H8N6O/c1-4-8-2-5(11-4)6(14)12-7-9-3-10-13-7/h2-3H,1H3,(H,8,11)(H2,9,10,12,13,14). The van der Waals surface area contributed by atoms with Gasteiger partial charge in [-0.1, -0.05) is 0 Å². The molecule has 2 rings (SSSR count). The Labute approximate surface area is 79.0 Å². The predicted octanol–water partition coefficient (Wildman–Crippen LogP) is 0.0885. The van der Waals surface area contributed by atoms with Crippen LogP contribution in [0.25, 0.3) is 0 Å². The van der Waals surface area contributed by atoms with Crippen LogP contribution >= 0.6 is 0 Å². The molecule has 0 atom stereocenters. The van der Waals surface area contributed by atoms with Gasteiger partial charge in [0.05, 0.1) is 6.20 Å². The van der Waals surface area contributed by atoms with Crippen molar-refractivity contribution in [1.82, 2.24) is 25.1 Å². The van der Waals surface area contributed by atoms with Gasteiger partial charge in [-0.3, -0.25) is 10.1 Å². The van der Waals surface area contributed by atoms with Crippen LogP contribution in [0.3, 0.4) is 0 Å². The van der Waals surface area contributed by atoms with E-state index < -0.39 is 0 Å². The summed E-state index contributed by atoms with van der Waals surface area (Å²) in [6.07, 6.45) is 2.77. The number of imidazole rings is 1. The zero-order chi connectivity index (χ0) is 9.97. The number of nitrogens with zero attached hydrogens (tertiary/aromatic N) is 3. The lowest BCUT2D eigenvalue weighted by Gasteiger charge is -1.96. The van der Waals surface area contributed by atoms with Crippen molar-refractivity contribution in [3.05, 3.63) is 24.0 Å². The van der Waals surface area contributed by atoms with E-state index in [9.17, 15) is 4.79 Å². The fraction of sp³-hybridized carbons (Fsp3) is 0.143. The van der Waals surface area contributed by atoms with Gasteiger partial charge in [-0.2, -0.15) is 10.1 Å². The van der Waals surface area contributed by atoms with Gasteiger partial charge in [0.2, 0.25) is 5.95 Å². The van der Waals surface area contributed by atoms with Gasteiger partial charge in [-0.25, -0.2) is 10.1 Å². The molecule has 0 unspecified atom stereocenters. The zero-order valence-corrected chi connectivity index (χ0v) is 7.40. The van der Waals surface area contributed by atoms with Crippen molar-refractivity contribution in [3.8, 4) is 0 Å². The molecule has 0 aliphatic heterocycles. The van der Waals surface area contributed by atoms with Crippen LogP contribution in [0.2, 0.25) is 0 Å². The highest BCUT2D eigenvalue weighted by Gasteiger charge is 2.09. The van der Waals surface area contributed by atoms with Gasteiger partial charge in [0, 0.05) is 0 Å².